The van der Waals surface area contributed by atoms with Gasteiger partial charge in [0, 0.05) is 18.7 Å². The van der Waals surface area contributed by atoms with Crippen LogP contribution in [0.15, 0.2) is 60.7 Å². The maximum absolute atomic E-state index is 12.4. The minimum Gasteiger partial charge on any atom is -0.493 e. The fourth-order valence-electron chi connectivity index (χ4n) is 3.35. The molecule has 0 aromatic heterocycles. The van der Waals surface area contributed by atoms with E-state index < -0.39 is 0 Å². The van der Waals surface area contributed by atoms with Crippen molar-refractivity contribution in [1.82, 2.24) is 10.2 Å². The molecule has 0 bridgehead atoms. The lowest BCUT2D eigenvalue weighted by molar-refractivity contribution is 0.0952. The Labute approximate surface area is 172 Å². The van der Waals surface area contributed by atoms with Gasteiger partial charge in [0.15, 0.2) is 11.5 Å². The van der Waals surface area contributed by atoms with Crippen molar-refractivity contribution in [2.24, 2.45) is 0 Å². The van der Waals surface area contributed by atoms with Crippen molar-refractivity contribution >= 4 is 16.7 Å². The Balaban J connectivity index is 1.45. The number of hydrogen-bond donors (Lipinski definition) is 1. The molecule has 0 spiro atoms. The van der Waals surface area contributed by atoms with Gasteiger partial charge in [-0.15, -0.1) is 0 Å². The number of hydrogen-bond acceptors (Lipinski definition) is 4. The van der Waals surface area contributed by atoms with Crippen LogP contribution in [-0.4, -0.2) is 45.2 Å². The summed E-state index contributed by atoms with van der Waals surface area (Å²) in [5, 5.41) is 5.23. The van der Waals surface area contributed by atoms with Crippen LogP contribution in [0.2, 0.25) is 0 Å². The molecule has 1 N–H and O–H groups in total. The highest BCUT2D eigenvalue weighted by molar-refractivity contribution is 5.98. The molecule has 3 rings (SSSR count). The molecular formula is C24H28N2O3. The molecule has 0 aliphatic rings. The molecule has 152 valence electrons. The van der Waals surface area contributed by atoms with E-state index in [-0.39, 0.29) is 5.91 Å². The van der Waals surface area contributed by atoms with Crippen LogP contribution >= 0.6 is 0 Å². The maximum atomic E-state index is 12.4. The Morgan fingerprint density at radius 1 is 0.931 bits per heavy atom. The first-order chi connectivity index (χ1) is 14.1. The zero-order valence-electron chi connectivity index (χ0n) is 17.3. The predicted octanol–water partition coefficient (Wildman–Crippen LogP) is 4.11. The van der Waals surface area contributed by atoms with Gasteiger partial charge in [0.05, 0.1) is 14.2 Å². The van der Waals surface area contributed by atoms with Crippen molar-refractivity contribution in [1.29, 1.82) is 0 Å². The second-order valence-corrected chi connectivity index (χ2v) is 7.10. The van der Waals surface area contributed by atoms with Gasteiger partial charge in [0.25, 0.3) is 5.91 Å². The molecule has 3 aromatic rings. The van der Waals surface area contributed by atoms with Gasteiger partial charge in [-0.1, -0.05) is 36.4 Å². The molecule has 0 saturated heterocycles. The van der Waals surface area contributed by atoms with Crippen molar-refractivity contribution in [3.8, 4) is 11.5 Å². The number of carbonyl (C=O) groups excluding carboxylic acids is 1. The lowest BCUT2D eigenvalue weighted by atomic mass is 10.1. The van der Waals surface area contributed by atoms with Crippen molar-refractivity contribution < 1.29 is 14.3 Å². The first kappa shape index (κ1) is 20.7. The number of carbonyl (C=O) groups is 1. The number of benzene rings is 3. The average molecular weight is 392 g/mol. The van der Waals surface area contributed by atoms with Crippen LogP contribution in [0.5, 0.6) is 11.5 Å². The maximum Gasteiger partial charge on any atom is 0.251 e. The van der Waals surface area contributed by atoms with Gasteiger partial charge < -0.3 is 19.7 Å². The number of fused-ring (bicyclic) bond motifs is 1. The van der Waals surface area contributed by atoms with Gasteiger partial charge in [-0.2, -0.15) is 0 Å². The molecule has 0 saturated carbocycles. The van der Waals surface area contributed by atoms with Gasteiger partial charge in [-0.05, 0) is 60.6 Å². The van der Waals surface area contributed by atoms with E-state index in [0.717, 1.165) is 47.3 Å². The molecule has 0 aliphatic heterocycles. The highest BCUT2D eigenvalue weighted by atomic mass is 16.5. The van der Waals surface area contributed by atoms with Crippen LogP contribution in [0, 0.1) is 0 Å². The highest BCUT2D eigenvalue weighted by Gasteiger charge is 2.08. The zero-order valence-corrected chi connectivity index (χ0v) is 17.3. The van der Waals surface area contributed by atoms with Crippen LogP contribution in [0.3, 0.4) is 0 Å². The third kappa shape index (κ3) is 5.48. The number of nitrogens with zero attached hydrogens (tertiary/aromatic N) is 1. The van der Waals surface area contributed by atoms with E-state index >= 15 is 0 Å². The van der Waals surface area contributed by atoms with Gasteiger partial charge in [0.2, 0.25) is 0 Å². The van der Waals surface area contributed by atoms with Gasteiger partial charge in [-0.3, -0.25) is 4.79 Å². The van der Waals surface area contributed by atoms with E-state index in [2.05, 4.69) is 17.3 Å². The Morgan fingerprint density at radius 3 is 2.45 bits per heavy atom. The molecule has 0 aliphatic carbocycles. The number of nitrogens with one attached hydrogen (secondary N) is 1. The molecule has 29 heavy (non-hydrogen) atoms. The largest absolute Gasteiger partial charge is 0.493 e. The molecule has 3 aromatic carbocycles. The molecule has 0 radical (unpaired) electrons. The molecule has 5 nitrogen and oxygen atoms in total. The minimum absolute atomic E-state index is 0.0294. The lowest BCUT2D eigenvalue weighted by Gasteiger charge is -2.18. The second kappa shape index (κ2) is 9.94. The monoisotopic (exact) mass is 392 g/mol. The third-order valence-electron chi connectivity index (χ3n) is 4.91. The fourth-order valence-corrected chi connectivity index (χ4v) is 3.35. The molecule has 0 heterocycles. The summed E-state index contributed by atoms with van der Waals surface area (Å²) < 4.78 is 10.6. The molecular weight excluding hydrogens is 364 g/mol. The molecule has 0 unspecified atom stereocenters. The molecule has 0 atom stereocenters. The summed E-state index contributed by atoms with van der Waals surface area (Å²) in [6.07, 6.45) is 0.878. The molecule has 0 fully saturated rings. The average Bonchev–Trinajstić information content (AvgIpc) is 2.76. The second-order valence-electron chi connectivity index (χ2n) is 7.10. The minimum atomic E-state index is -0.0294. The number of methoxy groups -OCH3 is 2. The van der Waals surface area contributed by atoms with E-state index in [9.17, 15) is 4.79 Å². The van der Waals surface area contributed by atoms with Crippen LogP contribution in [-0.2, 0) is 6.54 Å². The van der Waals surface area contributed by atoms with Gasteiger partial charge >= 0.3 is 0 Å². The van der Waals surface area contributed by atoms with E-state index in [1.54, 1.807) is 14.2 Å². The normalized spacial score (nSPS) is 10.9. The Hall–Kier alpha value is -3.05. The Bertz CT molecular complexity index is 971. The predicted molar refractivity (Wildman–Crippen MR) is 117 cm³/mol. The molecule has 1 amide bonds. The highest BCUT2D eigenvalue weighted by Crippen LogP contribution is 2.27. The fraction of sp³-hybridized carbons (Fsp3) is 0.292. The SMILES string of the molecule is COc1ccc(CN(C)CCCNC(=O)c2ccc3ccccc3c2)cc1OC. The zero-order chi connectivity index (χ0) is 20.6. The summed E-state index contributed by atoms with van der Waals surface area (Å²) in [6.45, 7) is 2.33. The standard InChI is InChI=1S/C24H28N2O3/c1-26(17-18-9-12-22(28-2)23(15-18)29-3)14-6-13-25-24(27)21-11-10-19-7-4-5-8-20(19)16-21/h4-5,7-12,15-16H,6,13-14,17H2,1-3H3,(H,25,27). The smallest absolute Gasteiger partial charge is 0.251 e. The van der Waals surface area contributed by atoms with E-state index in [4.69, 9.17) is 9.47 Å². The summed E-state index contributed by atoms with van der Waals surface area (Å²) in [6, 6.07) is 19.8. The lowest BCUT2D eigenvalue weighted by Crippen LogP contribution is -2.28. The summed E-state index contributed by atoms with van der Waals surface area (Å²) >= 11 is 0. The van der Waals surface area contributed by atoms with Gasteiger partial charge in [0.1, 0.15) is 0 Å². The Kier molecular flexibility index (Phi) is 7.09. The van der Waals surface area contributed by atoms with Crippen LogP contribution in [0.4, 0.5) is 0 Å². The summed E-state index contributed by atoms with van der Waals surface area (Å²) in [4.78, 5) is 14.6. The van der Waals surface area contributed by atoms with Crippen LogP contribution < -0.4 is 14.8 Å². The van der Waals surface area contributed by atoms with Crippen molar-refractivity contribution in [3.63, 3.8) is 0 Å². The van der Waals surface area contributed by atoms with Crippen molar-refractivity contribution in [2.45, 2.75) is 13.0 Å². The summed E-state index contributed by atoms with van der Waals surface area (Å²) in [5.41, 5.74) is 1.85. The van der Waals surface area contributed by atoms with Crippen LogP contribution in [0.25, 0.3) is 10.8 Å². The first-order valence-corrected chi connectivity index (χ1v) is 9.77. The number of amides is 1. The number of rotatable bonds is 9. The molecule has 5 heteroatoms. The van der Waals surface area contributed by atoms with E-state index in [0.29, 0.717) is 12.1 Å². The summed E-state index contributed by atoms with van der Waals surface area (Å²) in [7, 11) is 5.35. The van der Waals surface area contributed by atoms with Crippen molar-refractivity contribution in [3.05, 3.63) is 71.8 Å². The topological polar surface area (TPSA) is 50.8 Å². The van der Waals surface area contributed by atoms with Gasteiger partial charge in [-0.25, -0.2) is 0 Å². The van der Waals surface area contributed by atoms with E-state index in [1.807, 2.05) is 60.7 Å². The summed E-state index contributed by atoms with van der Waals surface area (Å²) in [5.74, 6) is 1.44. The van der Waals surface area contributed by atoms with E-state index in [1.165, 1.54) is 0 Å². The quantitative estimate of drug-likeness (QED) is 0.557. The first-order valence-electron chi connectivity index (χ1n) is 9.77. The van der Waals surface area contributed by atoms with Crippen LogP contribution in [0.1, 0.15) is 22.3 Å². The third-order valence-corrected chi connectivity index (χ3v) is 4.91. The van der Waals surface area contributed by atoms with Crippen molar-refractivity contribution in [2.75, 3.05) is 34.4 Å². The number of ether oxygens (including phenoxy) is 2. The Morgan fingerprint density at radius 2 is 1.69 bits per heavy atom.